The highest BCUT2D eigenvalue weighted by atomic mass is 35.5. The Labute approximate surface area is 87.3 Å². The van der Waals surface area contributed by atoms with Gasteiger partial charge in [0, 0.05) is 5.88 Å². The van der Waals surface area contributed by atoms with E-state index in [0.717, 1.165) is 0 Å². The highest BCUT2D eigenvalue weighted by molar-refractivity contribution is 6.17. The fraction of sp³-hybridized carbons (Fsp3) is 0.400. The van der Waals surface area contributed by atoms with E-state index >= 15 is 0 Å². The van der Waals surface area contributed by atoms with Crippen molar-refractivity contribution in [2.45, 2.75) is 6.10 Å². The fourth-order valence-electron chi connectivity index (χ4n) is 1.03. The lowest BCUT2D eigenvalue weighted by Crippen LogP contribution is -2.08. The van der Waals surface area contributed by atoms with E-state index in [2.05, 4.69) is 0 Å². The maximum absolute atomic E-state index is 12.5. The maximum Gasteiger partial charge on any atom is 0.123 e. The quantitative estimate of drug-likeness (QED) is 0.606. The molecular formula is C10H12ClFO2. The Morgan fingerprint density at radius 2 is 2.00 bits per heavy atom. The van der Waals surface area contributed by atoms with Gasteiger partial charge < -0.3 is 9.84 Å². The van der Waals surface area contributed by atoms with E-state index in [-0.39, 0.29) is 12.4 Å². The Balaban J connectivity index is 2.43. The Hall–Kier alpha value is -0.640. The Bertz CT molecular complexity index is 263. The molecule has 0 heterocycles. The molecule has 14 heavy (non-hydrogen) atoms. The molecule has 1 aromatic rings. The molecule has 0 aliphatic heterocycles. The lowest BCUT2D eigenvalue weighted by Gasteiger charge is -2.10. The molecular weight excluding hydrogens is 207 g/mol. The molecule has 0 radical (unpaired) electrons. The molecule has 0 aliphatic rings. The van der Waals surface area contributed by atoms with Gasteiger partial charge in [0.05, 0.1) is 13.2 Å². The lowest BCUT2D eigenvalue weighted by molar-refractivity contribution is 0.0428. The molecule has 1 atom stereocenters. The summed E-state index contributed by atoms with van der Waals surface area (Å²) in [7, 11) is 0. The molecule has 1 unspecified atom stereocenters. The van der Waals surface area contributed by atoms with Gasteiger partial charge in [-0.15, -0.1) is 11.6 Å². The second kappa shape index (κ2) is 5.96. The molecule has 0 spiro atoms. The number of rotatable bonds is 5. The van der Waals surface area contributed by atoms with Crippen molar-refractivity contribution >= 4 is 11.6 Å². The average molecular weight is 219 g/mol. The summed E-state index contributed by atoms with van der Waals surface area (Å²) in [5.74, 6) is 0.0819. The summed E-state index contributed by atoms with van der Waals surface area (Å²) < 4.78 is 17.6. The minimum Gasteiger partial charge on any atom is -0.386 e. The first-order valence-electron chi connectivity index (χ1n) is 4.31. The van der Waals surface area contributed by atoms with Gasteiger partial charge >= 0.3 is 0 Å². The van der Waals surface area contributed by atoms with Crippen molar-refractivity contribution in [2.75, 3.05) is 19.1 Å². The highest BCUT2D eigenvalue weighted by Gasteiger charge is 2.06. The molecule has 0 aromatic heterocycles. The Morgan fingerprint density at radius 3 is 2.57 bits per heavy atom. The van der Waals surface area contributed by atoms with Crippen LogP contribution in [-0.2, 0) is 4.74 Å². The van der Waals surface area contributed by atoms with Crippen LogP contribution in [0.4, 0.5) is 4.39 Å². The van der Waals surface area contributed by atoms with Crippen LogP contribution in [0.5, 0.6) is 0 Å². The monoisotopic (exact) mass is 218 g/mol. The largest absolute Gasteiger partial charge is 0.386 e. The van der Waals surface area contributed by atoms with Crippen molar-refractivity contribution in [3.63, 3.8) is 0 Å². The normalized spacial score (nSPS) is 12.8. The molecule has 0 saturated heterocycles. The van der Waals surface area contributed by atoms with Crippen LogP contribution in [0, 0.1) is 5.82 Å². The third-order valence-electron chi connectivity index (χ3n) is 1.75. The topological polar surface area (TPSA) is 29.5 Å². The van der Waals surface area contributed by atoms with Crippen molar-refractivity contribution in [3.05, 3.63) is 35.6 Å². The van der Waals surface area contributed by atoms with E-state index in [1.54, 1.807) is 0 Å². The number of aliphatic hydroxyl groups is 1. The third-order valence-corrected chi connectivity index (χ3v) is 1.91. The predicted molar refractivity (Wildman–Crippen MR) is 52.9 cm³/mol. The molecule has 4 heteroatoms. The summed E-state index contributed by atoms with van der Waals surface area (Å²) in [6, 6.07) is 5.67. The van der Waals surface area contributed by atoms with Gasteiger partial charge in [0.2, 0.25) is 0 Å². The van der Waals surface area contributed by atoms with Gasteiger partial charge in [-0.25, -0.2) is 4.39 Å². The molecule has 1 N–H and O–H groups in total. The van der Waals surface area contributed by atoms with Gasteiger partial charge in [-0.3, -0.25) is 0 Å². The van der Waals surface area contributed by atoms with Crippen molar-refractivity contribution in [1.82, 2.24) is 0 Å². The van der Waals surface area contributed by atoms with Crippen LogP contribution in [0.2, 0.25) is 0 Å². The van der Waals surface area contributed by atoms with Crippen LogP contribution in [-0.4, -0.2) is 24.2 Å². The van der Waals surface area contributed by atoms with Crippen molar-refractivity contribution < 1.29 is 14.2 Å². The summed E-state index contributed by atoms with van der Waals surface area (Å²) >= 11 is 5.40. The van der Waals surface area contributed by atoms with Crippen LogP contribution in [0.3, 0.4) is 0 Å². The van der Waals surface area contributed by atoms with E-state index in [4.69, 9.17) is 16.3 Å². The lowest BCUT2D eigenvalue weighted by atomic mass is 10.1. The van der Waals surface area contributed by atoms with Crippen LogP contribution in [0.15, 0.2) is 24.3 Å². The zero-order valence-electron chi connectivity index (χ0n) is 7.62. The molecule has 1 aromatic carbocycles. The summed E-state index contributed by atoms with van der Waals surface area (Å²) in [4.78, 5) is 0. The fourth-order valence-corrected chi connectivity index (χ4v) is 1.14. The number of ether oxygens (including phenoxy) is 1. The minimum absolute atomic E-state index is 0.179. The average Bonchev–Trinajstić information content (AvgIpc) is 2.19. The van der Waals surface area contributed by atoms with E-state index < -0.39 is 6.10 Å². The summed E-state index contributed by atoms with van der Waals surface area (Å²) in [6.45, 7) is 0.582. The zero-order chi connectivity index (χ0) is 10.4. The molecule has 0 amide bonds. The second-order valence-electron chi connectivity index (χ2n) is 2.83. The summed E-state index contributed by atoms with van der Waals surface area (Å²) in [6.07, 6.45) is -0.723. The van der Waals surface area contributed by atoms with E-state index in [9.17, 15) is 9.50 Å². The molecule has 0 saturated carbocycles. The van der Waals surface area contributed by atoms with E-state index in [0.29, 0.717) is 18.1 Å². The summed E-state index contributed by atoms with van der Waals surface area (Å²) in [5, 5.41) is 9.55. The first-order valence-corrected chi connectivity index (χ1v) is 4.84. The van der Waals surface area contributed by atoms with Crippen LogP contribution >= 0.6 is 11.6 Å². The molecule has 1 rings (SSSR count). The first-order chi connectivity index (χ1) is 6.74. The number of aliphatic hydroxyl groups excluding tert-OH is 1. The van der Waals surface area contributed by atoms with Crippen molar-refractivity contribution in [3.8, 4) is 0 Å². The van der Waals surface area contributed by atoms with Gasteiger partial charge in [-0.2, -0.15) is 0 Å². The first kappa shape index (κ1) is 11.4. The Morgan fingerprint density at radius 1 is 1.36 bits per heavy atom. The van der Waals surface area contributed by atoms with Gasteiger partial charge in [0.1, 0.15) is 11.9 Å². The van der Waals surface area contributed by atoms with E-state index in [1.165, 1.54) is 24.3 Å². The highest BCUT2D eigenvalue weighted by Crippen LogP contribution is 2.13. The van der Waals surface area contributed by atoms with Gasteiger partial charge in [0.25, 0.3) is 0 Å². The van der Waals surface area contributed by atoms with Crippen LogP contribution in [0.1, 0.15) is 11.7 Å². The second-order valence-corrected chi connectivity index (χ2v) is 3.21. The number of hydrogen-bond acceptors (Lipinski definition) is 2. The Kier molecular flexibility index (Phi) is 4.87. The molecule has 0 fully saturated rings. The molecule has 0 aliphatic carbocycles. The van der Waals surface area contributed by atoms with E-state index in [1.807, 2.05) is 0 Å². The van der Waals surface area contributed by atoms with Gasteiger partial charge in [0.15, 0.2) is 0 Å². The van der Waals surface area contributed by atoms with Crippen LogP contribution in [0.25, 0.3) is 0 Å². The van der Waals surface area contributed by atoms with Crippen molar-refractivity contribution in [1.29, 1.82) is 0 Å². The third kappa shape index (κ3) is 3.62. The number of alkyl halides is 1. The predicted octanol–water partition coefficient (Wildman–Crippen LogP) is 2.11. The van der Waals surface area contributed by atoms with Crippen molar-refractivity contribution in [2.24, 2.45) is 0 Å². The van der Waals surface area contributed by atoms with Gasteiger partial charge in [-0.1, -0.05) is 12.1 Å². The SMILES string of the molecule is OC(COCCCl)c1ccc(F)cc1. The zero-order valence-corrected chi connectivity index (χ0v) is 8.38. The smallest absolute Gasteiger partial charge is 0.123 e. The van der Waals surface area contributed by atoms with Crippen LogP contribution < -0.4 is 0 Å². The standard InChI is InChI=1S/C10H12ClFO2/c11-5-6-14-7-10(13)8-1-3-9(12)4-2-8/h1-4,10,13H,5-7H2. The number of benzene rings is 1. The maximum atomic E-state index is 12.5. The summed E-state index contributed by atoms with van der Waals surface area (Å²) in [5.41, 5.74) is 0.640. The molecule has 78 valence electrons. The number of hydrogen-bond donors (Lipinski definition) is 1. The number of halogens is 2. The molecule has 2 nitrogen and oxygen atoms in total. The minimum atomic E-state index is -0.723. The van der Waals surface area contributed by atoms with Gasteiger partial charge in [-0.05, 0) is 17.7 Å². The molecule has 0 bridgehead atoms.